The topological polar surface area (TPSA) is 28.5 Å². The highest BCUT2D eigenvalue weighted by molar-refractivity contribution is 8.11. The molecule has 0 bridgehead atoms. The van der Waals surface area contributed by atoms with Crippen LogP contribution >= 0.6 is 24.4 Å². The highest BCUT2D eigenvalue weighted by Crippen LogP contribution is 2.31. The Morgan fingerprint density at radius 2 is 1.88 bits per heavy atom. The monoisotopic (exact) mass is 393 g/mol. The molecule has 142 valence electrons. The van der Waals surface area contributed by atoms with Crippen LogP contribution in [0.1, 0.15) is 38.8 Å². The minimum absolute atomic E-state index is 0.135. The Morgan fingerprint density at radius 3 is 2.36 bits per heavy atom. The molecule has 0 saturated heterocycles. The van der Waals surface area contributed by atoms with Crippen LogP contribution in [0.15, 0.2) is 17.3 Å². The van der Waals surface area contributed by atoms with E-state index in [2.05, 4.69) is 55.2 Å². The molecule has 1 aromatic heterocycles. The summed E-state index contributed by atoms with van der Waals surface area (Å²) < 4.78 is 37.8. The van der Waals surface area contributed by atoms with Gasteiger partial charge in [-0.25, -0.2) is 9.98 Å². The minimum atomic E-state index is -4.39. The Labute approximate surface area is 157 Å². The van der Waals surface area contributed by atoms with Crippen molar-refractivity contribution in [3.63, 3.8) is 0 Å². The number of halogens is 3. The van der Waals surface area contributed by atoms with Crippen molar-refractivity contribution in [3.8, 4) is 0 Å². The Balaban J connectivity index is 2.58. The SMILES string of the molecule is Cc1cc(C(F)(F)F)cnc1N=CC(S)SCCN(C(C)C)C(C)C. The fourth-order valence-corrected chi connectivity index (χ4v) is 3.51. The molecule has 1 rings (SSSR count). The zero-order valence-corrected chi connectivity index (χ0v) is 16.9. The first kappa shape index (κ1) is 22.3. The van der Waals surface area contributed by atoms with Crippen LogP contribution in [-0.2, 0) is 6.18 Å². The highest BCUT2D eigenvalue weighted by atomic mass is 32.2. The van der Waals surface area contributed by atoms with Crippen molar-refractivity contribution in [2.45, 2.75) is 57.5 Å². The molecular formula is C17H26F3N3S2. The molecule has 0 aliphatic carbocycles. The predicted octanol–water partition coefficient (Wildman–Crippen LogP) is 5.22. The van der Waals surface area contributed by atoms with Crippen LogP contribution in [0.25, 0.3) is 0 Å². The molecule has 0 aliphatic heterocycles. The van der Waals surface area contributed by atoms with E-state index in [1.54, 1.807) is 24.9 Å². The number of thioether (sulfide) groups is 1. The van der Waals surface area contributed by atoms with Gasteiger partial charge in [-0.1, -0.05) is 0 Å². The van der Waals surface area contributed by atoms with Crippen LogP contribution in [0.2, 0.25) is 0 Å². The number of aliphatic imine (C=N–C) groups is 1. The number of alkyl halides is 3. The van der Waals surface area contributed by atoms with Crippen LogP contribution in [0, 0.1) is 6.92 Å². The van der Waals surface area contributed by atoms with Crippen LogP contribution in [0.5, 0.6) is 0 Å². The number of aromatic nitrogens is 1. The molecule has 1 unspecified atom stereocenters. The Bertz CT molecular complexity index is 567. The summed E-state index contributed by atoms with van der Waals surface area (Å²) in [5.74, 6) is 1.19. The lowest BCUT2D eigenvalue weighted by Gasteiger charge is -2.30. The van der Waals surface area contributed by atoms with E-state index in [0.717, 1.165) is 24.6 Å². The molecule has 0 fully saturated rings. The van der Waals surface area contributed by atoms with E-state index in [-0.39, 0.29) is 4.58 Å². The van der Waals surface area contributed by atoms with Gasteiger partial charge in [-0.2, -0.15) is 25.8 Å². The zero-order chi connectivity index (χ0) is 19.2. The number of nitrogens with zero attached hydrogens (tertiary/aromatic N) is 3. The quantitative estimate of drug-likeness (QED) is 0.373. The molecule has 0 radical (unpaired) electrons. The Hall–Kier alpha value is -0.730. The first-order valence-electron chi connectivity index (χ1n) is 8.15. The van der Waals surface area contributed by atoms with Gasteiger partial charge in [0.15, 0.2) is 5.82 Å². The molecule has 0 spiro atoms. The van der Waals surface area contributed by atoms with Crippen molar-refractivity contribution in [2.24, 2.45) is 4.99 Å². The van der Waals surface area contributed by atoms with Gasteiger partial charge in [-0.3, -0.25) is 4.90 Å². The van der Waals surface area contributed by atoms with Crippen LogP contribution in [0.4, 0.5) is 19.0 Å². The Morgan fingerprint density at radius 1 is 1.28 bits per heavy atom. The van der Waals surface area contributed by atoms with Crippen molar-refractivity contribution in [1.82, 2.24) is 9.88 Å². The normalized spacial score (nSPS) is 14.2. The molecule has 0 aliphatic rings. The first-order valence-corrected chi connectivity index (χ1v) is 9.72. The molecule has 1 atom stereocenters. The third-order valence-electron chi connectivity index (χ3n) is 3.67. The second-order valence-corrected chi connectivity index (χ2v) is 8.48. The second-order valence-electron chi connectivity index (χ2n) is 6.33. The minimum Gasteiger partial charge on any atom is -0.298 e. The van der Waals surface area contributed by atoms with E-state index in [1.165, 1.54) is 0 Å². The van der Waals surface area contributed by atoms with Crippen molar-refractivity contribution in [2.75, 3.05) is 12.3 Å². The highest BCUT2D eigenvalue weighted by Gasteiger charge is 2.31. The van der Waals surface area contributed by atoms with E-state index in [0.29, 0.717) is 23.5 Å². The van der Waals surface area contributed by atoms with Crippen molar-refractivity contribution in [1.29, 1.82) is 0 Å². The van der Waals surface area contributed by atoms with E-state index >= 15 is 0 Å². The lowest BCUT2D eigenvalue weighted by Crippen LogP contribution is -2.38. The van der Waals surface area contributed by atoms with Crippen molar-refractivity contribution < 1.29 is 13.2 Å². The van der Waals surface area contributed by atoms with Crippen molar-refractivity contribution in [3.05, 3.63) is 23.4 Å². The van der Waals surface area contributed by atoms with Gasteiger partial charge in [0.05, 0.1) is 10.1 Å². The largest absolute Gasteiger partial charge is 0.417 e. The smallest absolute Gasteiger partial charge is 0.298 e. The number of thiol groups is 1. The molecular weight excluding hydrogens is 367 g/mol. The van der Waals surface area contributed by atoms with Gasteiger partial charge in [0.1, 0.15) is 0 Å². The van der Waals surface area contributed by atoms with E-state index in [1.807, 2.05) is 0 Å². The average molecular weight is 394 g/mol. The number of hydrogen-bond acceptors (Lipinski definition) is 5. The molecule has 0 saturated carbocycles. The van der Waals surface area contributed by atoms with Crippen LogP contribution < -0.4 is 0 Å². The number of rotatable bonds is 8. The van der Waals surface area contributed by atoms with Crippen LogP contribution in [0.3, 0.4) is 0 Å². The van der Waals surface area contributed by atoms with Gasteiger partial charge >= 0.3 is 6.18 Å². The number of aryl methyl sites for hydroxylation is 1. The lowest BCUT2D eigenvalue weighted by atomic mass is 10.2. The fraction of sp³-hybridized carbons (Fsp3) is 0.647. The maximum Gasteiger partial charge on any atom is 0.417 e. The summed E-state index contributed by atoms with van der Waals surface area (Å²) in [7, 11) is 0. The summed E-state index contributed by atoms with van der Waals surface area (Å²) in [5.41, 5.74) is -0.370. The average Bonchev–Trinajstić information content (AvgIpc) is 2.48. The number of pyridine rings is 1. The van der Waals surface area contributed by atoms with E-state index < -0.39 is 11.7 Å². The molecule has 1 aromatic rings. The van der Waals surface area contributed by atoms with E-state index in [4.69, 9.17) is 0 Å². The second kappa shape index (κ2) is 9.83. The summed E-state index contributed by atoms with van der Waals surface area (Å²) >= 11 is 6.09. The van der Waals surface area contributed by atoms with Crippen LogP contribution in [-0.4, -0.2) is 45.1 Å². The van der Waals surface area contributed by atoms with Gasteiger partial charge < -0.3 is 0 Å². The molecule has 3 nitrogen and oxygen atoms in total. The summed E-state index contributed by atoms with van der Waals surface area (Å²) in [6.07, 6.45) is -1.96. The first-order chi connectivity index (χ1) is 11.5. The Kier molecular flexibility index (Phi) is 8.77. The zero-order valence-electron chi connectivity index (χ0n) is 15.2. The summed E-state index contributed by atoms with van der Waals surface area (Å²) in [6, 6.07) is 2.02. The fourth-order valence-electron chi connectivity index (χ4n) is 2.43. The molecule has 1 heterocycles. The van der Waals surface area contributed by atoms with Gasteiger partial charge in [-0.05, 0) is 46.2 Å². The van der Waals surface area contributed by atoms with Gasteiger partial charge in [0.25, 0.3) is 0 Å². The summed E-state index contributed by atoms with van der Waals surface area (Å²) in [4.78, 5) is 10.4. The third-order valence-corrected chi connectivity index (χ3v) is 5.13. The number of hydrogen-bond donors (Lipinski definition) is 1. The molecule has 0 aromatic carbocycles. The molecule has 8 heteroatoms. The van der Waals surface area contributed by atoms with Crippen molar-refractivity contribution >= 4 is 36.4 Å². The standard InChI is InChI=1S/C17H26F3N3S2/c1-11(2)23(12(3)4)6-7-25-15(24)10-22-16-13(5)8-14(9-21-16)17(18,19)20/h8-12,15,24H,6-7H2,1-5H3. The van der Waals surface area contributed by atoms with Gasteiger partial charge in [0.2, 0.25) is 0 Å². The maximum atomic E-state index is 12.6. The predicted molar refractivity (Wildman–Crippen MR) is 104 cm³/mol. The summed E-state index contributed by atoms with van der Waals surface area (Å²) in [5, 5.41) is 0. The third kappa shape index (κ3) is 7.58. The molecule has 25 heavy (non-hydrogen) atoms. The lowest BCUT2D eigenvalue weighted by molar-refractivity contribution is -0.137. The van der Waals surface area contributed by atoms with Gasteiger partial charge in [0, 0.05) is 36.8 Å². The summed E-state index contributed by atoms with van der Waals surface area (Å²) in [6.45, 7) is 11.2. The van der Waals surface area contributed by atoms with Gasteiger partial charge in [-0.15, -0.1) is 11.8 Å². The maximum absolute atomic E-state index is 12.6. The van der Waals surface area contributed by atoms with E-state index in [9.17, 15) is 13.2 Å². The molecule has 0 amide bonds. The molecule has 0 N–H and O–H groups in total.